The summed E-state index contributed by atoms with van der Waals surface area (Å²) in [7, 11) is 8.33. The van der Waals surface area contributed by atoms with Gasteiger partial charge in [-0.15, -0.1) is 0 Å². The highest BCUT2D eigenvalue weighted by Crippen LogP contribution is 2.23. The van der Waals surface area contributed by atoms with Gasteiger partial charge in [0.25, 0.3) is 0 Å². The Bertz CT molecular complexity index is 3360. The third kappa shape index (κ3) is 24.7. The lowest BCUT2D eigenvalue weighted by Gasteiger charge is -2.38. The molecule has 103 heavy (non-hydrogen) atoms. The van der Waals surface area contributed by atoms with Gasteiger partial charge in [-0.25, -0.2) is 0 Å². The summed E-state index contributed by atoms with van der Waals surface area (Å²) in [5.41, 5.74) is 0.974. The molecule has 0 radical (unpaired) electrons. The number of nitrogens with zero attached hydrogens (tertiary/aromatic N) is 7. The topological polar surface area (TPSA) is 317 Å². The Balaban J connectivity index is 1.71. The summed E-state index contributed by atoms with van der Waals surface area (Å²) in [6.07, 6.45) is -0.266. The first kappa shape index (κ1) is 84.9. The third-order valence-corrected chi connectivity index (χ3v) is 19.1. The van der Waals surface area contributed by atoms with Crippen LogP contribution in [-0.2, 0) is 81.5 Å². The van der Waals surface area contributed by atoms with Crippen LogP contribution in [0.4, 0.5) is 0 Å². The fourth-order valence-electron chi connectivity index (χ4n) is 12.9. The van der Waals surface area contributed by atoms with Gasteiger partial charge in [0, 0.05) is 74.6 Å². The van der Waals surface area contributed by atoms with Gasteiger partial charge < -0.3 is 70.7 Å². The van der Waals surface area contributed by atoms with Crippen LogP contribution < -0.4 is 26.6 Å². The second-order valence-electron chi connectivity index (χ2n) is 30.1. The van der Waals surface area contributed by atoms with E-state index in [4.69, 9.17) is 4.74 Å². The van der Waals surface area contributed by atoms with Crippen LogP contribution in [0, 0.1) is 17.8 Å². The minimum Gasteiger partial charge on any atom is -0.391 e. The SMILES string of the molecule is CC(C)C[C@@H]1NC(=O)[C@H](Cc2ccccc2)N(C)C(=O)[C@H](COC(C)(C)C)NC(=O)[C@H](Cc2ccccc2)N(C)C(=O)[C@H](C)N(C)C(=O)[C@H](CC(C)C)N(C)C(=O)[C@@H](C)NC(=O)C[C@@H](C(=O)N2CCCCC2)NC(=O)[C@H](Cc2ccccc2)N(C)C(=O)[C@H]([C@@H](C)O)NC(=O)[C@H](CC(C)C)N(C)C1=O. The first-order valence-electron chi connectivity index (χ1n) is 36.2. The fraction of sp³-hybridized carbons (Fsp3) is 0.610. The quantitative estimate of drug-likeness (QED) is 0.119. The minimum atomic E-state index is -1.74. The van der Waals surface area contributed by atoms with Gasteiger partial charge in [-0.2, -0.15) is 0 Å². The smallest absolute Gasteiger partial charge is 0.248 e. The fourth-order valence-corrected chi connectivity index (χ4v) is 12.9. The molecule has 568 valence electrons. The normalized spacial score (nSPS) is 25.4. The molecule has 5 rings (SSSR count). The van der Waals surface area contributed by atoms with Crippen LogP contribution in [0.2, 0.25) is 0 Å². The first-order chi connectivity index (χ1) is 48.3. The number of likely N-dealkylation sites (N-methyl/N-ethyl adjacent to an activating group) is 6. The van der Waals surface area contributed by atoms with E-state index in [1.165, 1.54) is 87.6 Å². The van der Waals surface area contributed by atoms with E-state index in [1.807, 2.05) is 41.5 Å². The van der Waals surface area contributed by atoms with E-state index in [0.717, 1.165) is 11.3 Å². The number of carbonyl (C=O) groups excluding carboxylic acids is 12. The summed E-state index contributed by atoms with van der Waals surface area (Å²) in [5, 5.41) is 25.5. The van der Waals surface area contributed by atoms with Crippen molar-refractivity contribution in [2.24, 2.45) is 17.8 Å². The number of hydrogen-bond acceptors (Lipinski definition) is 14. The van der Waals surface area contributed by atoms with Crippen molar-refractivity contribution in [1.29, 1.82) is 0 Å². The van der Waals surface area contributed by atoms with Gasteiger partial charge in [0.2, 0.25) is 70.9 Å². The van der Waals surface area contributed by atoms with Crippen LogP contribution in [0.3, 0.4) is 0 Å². The van der Waals surface area contributed by atoms with Crippen molar-refractivity contribution in [3.05, 3.63) is 108 Å². The molecule has 0 spiro atoms. The number of aliphatic hydroxyl groups excluding tert-OH is 1. The Kier molecular flexibility index (Phi) is 32.3. The third-order valence-electron chi connectivity index (χ3n) is 19.1. The zero-order valence-corrected chi connectivity index (χ0v) is 63.9. The molecule has 26 nitrogen and oxygen atoms in total. The molecular weight excluding hydrogens is 1320 g/mol. The molecule has 2 saturated heterocycles. The Morgan fingerprint density at radius 1 is 0.456 bits per heavy atom. The molecule has 0 aromatic heterocycles. The van der Waals surface area contributed by atoms with E-state index in [0.29, 0.717) is 42.6 Å². The number of ether oxygens (including phenoxy) is 1. The Labute approximate surface area is 609 Å². The summed E-state index contributed by atoms with van der Waals surface area (Å²) in [6, 6.07) is 11.0. The number of carbonyl (C=O) groups is 12. The molecule has 2 aliphatic heterocycles. The standard InChI is InChI=1S/C77H116N12O14/c1-47(2)39-56-72(98)85(15)59(40-48(3)4)69(95)82-65(52(9)90)76(102)87(17)62(44-55-35-27-21-28-36-55)67(93)80-57(74(100)89-37-29-22-30-38-89)45-64(91)78-50(7)70(96)88(18)63(41-49(5)6)75(101)83(13)51(8)71(97)84(14)60(42-53-31-23-19-24-32-53)68(94)81-58(46-103-77(10,11)12)73(99)86(16)61(66(92)79-56)43-54-33-25-20-26-34-54/h19-21,23-28,31-36,47-52,56-63,65,90H,22,29-30,37-46H2,1-18H3,(H,78,91)(H,79,92)(H,80,93)(H,81,94)(H,82,95)/t50-,51+,52-,56+,57+,58+,59+,60+,61+,62+,63+,65+/m1/s1. The summed E-state index contributed by atoms with van der Waals surface area (Å²) >= 11 is 0. The van der Waals surface area contributed by atoms with Crippen molar-refractivity contribution in [2.45, 2.75) is 225 Å². The van der Waals surface area contributed by atoms with Gasteiger partial charge in [0.1, 0.15) is 66.5 Å². The van der Waals surface area contributed by atoms with Gasteiger partial charge in [-0.3, -0.25) is 57.5 Å². The zero-order valence-electron chi connectivity index (χ0n) is 63.9. The number of likely N-dealkylation sites (tertiary alicyclic amines) is 1. The van der Waals surface area contributed by atoms with E-state index in [-0.39, 0.29) is 56.3 Å². The van der Waals surface area contributed by atoms with Crippen LogP contribution >= 0.6 is 0 Å². The van der Waals surface area contributed by atoms with Crippen LogP contribution in [0.25, 0.3) is 0 Å². The number of rotatable bonds is 16. The molecule has 2 fully saturated rings. The Morgan fingerprint density at radius 3 is 1.29 bits per heavy atom. The van der Waals surface area contributed by atoms with Crippen LogP contribution in [0.1, 0.15) is 145 Å². The molecule has 12 atom stereocenters. The highest BCUT2D eigenvalue weighted by Gasteiger charge is 2.44. The maximum atomic E-state index is 15.5. The van der Waals surface area contributed by atoms with Gasteiger partial charge in [-0.1, -0.05) is 133 Å². The van der Waals surface area contributed by atoms with E-state index >= 15 is 38.4 Å². The maximum Gasteiger partial charge on any atom is 0.248 e. The van der Waals surface area contributed by atoms with E-state index in [1.54, 1.807) is 117 Å². The molecule has 2 heterocycles. The summed E-state index contributed by atoms with van der Waals surface area (Å²) < 4.78 is 6.24. The zero-order chi connectivity index (χ0) is 76.9. The molecule has 26 heteroatoms. The second kappa shape index (κ2) is 39.2. The average Bonchev–Trinajstić information content (AvgIpc) is 0.822. The molecular formula is C77H116N12O14. The van der Waals surface area contributed by atoms with Crippen LogP contribution in [0.15, 0.2) is 91.0 Å². The first-order valence-corrected chi connectivity index (χ1v) is 36.2. The number of amides is 12. The number of nitrogens with one attached hydrogen (secondary N) is 5. The monoisotopic (exact) mass is 1430 g/mol. The van der Waals surface area contributed by atoms with Crippen molar-refractivity contribution >= 4 is 70.9 Å². The minimum absolute atomic E-state index is 0.0256. The molecule has 12 amide bonds. The predicted octanol–water partition coefficient (Wildman–Crippen LogP) is 3.89. The van der Waals surface area contributed by atoms with Crippen molar-refractivity contribution in [3.63, 3.8) is 0 Å². The predicted molar refractivity (Wildman–Crippen MR) is 392 cm³/mol. The lowest BCUT2D eigenvalue weighted by atomic mass is 9.97. The van der Waals surface area contributed by atoms with Gasteiger partial charge in [0.05, 0.1) is 24.7 Å². The number of benzene rings is 3. The Hall–Kier alpha value is -8.78. The Morgan fingerprint density at radius 2 is 0.845 bits per heavy atom. The van der Waals surface area contributed by atoms with Crippen molar-refractivity contribution < 1.29 is 67.4 Å². The summed E-state index contributed by atoms with van der Waals surface area (Å²) in [6.45, 7) is 20.7. The van der Waals surface area contributed by atoms with Crippen LogP contribution in [0.5, 0.6) is 0 Å². The molecule has 3 aromatic rings. The van der Waals surface area contributed by atoms with E-state index in [2.05, 4.69) is 26.6 Å². The molecule has 0 saturated carbocycles. The van der Waals surface area contributed by atoms with Crippen molar-refractivity contribution in [1.82, 2.24) is 60.9 Å². The van der Waals surface area contributed by atoms with Gasteiger partial charge in [-0.05, 0) is 115 Å². The largest absolute Gasteiger partial charge is 0.391 e. The number of hydrogen-bond donors (Lipinski definition) is 6. The molecule has 2 aliphatic rings. The highest BCUT2D eigenvalue weighted by molar-refractivity contribution is 6.00. The molecule has 6 N–H and O–H groups in total. The summed E-state index contributed by atoms with van der Waals surface area (Å²) in [5.74, 6) is -9.83. The second-order valence-corrected chi connectivity index (χ2v) is 30.1. The molecule has 0 unspecified atom stereocenters. The number of aliphatic hydroxyl groups is 1. The number of piperidine rings is 1. The van der Waals surface area contributed by atoms with Crippen molar-refractivity contribution in [3.8, 4) is 0 Å². The van der Waals surface area contributed by atoms with Gasteiger partial charge in [0.15, 0.2) is 0 Å². The lowest BCUT2D eigenvalue weighted by molar-refractivity contribution is -0.152. The van der Waals surface area contributed by atoms with Crippen molar-refractivity contribution in [2.75, 3.05) is 62.0 Å². The van der Waals surface area contributed by atoms with Gasteiger partial charge >= 0.3 is 0 Å². The maximum absolute atomic E-state index is 15.5. The summed E-state index contributed by atoms with van der Waals surface area (Å²) in [4.78, 5) is 189. The molecule has 0 aliphatic carbocycles. The molecule has 3 aromatic carbocycles. The highest BCUT2D eigenvalue weighted by atomic mass is 16.5. The lowest BCUT2D eigenvalue weighted by Crippen LogP contribution is -2.63. The van der Waals surface area contributed by atoms with E-state index < -0.39 is 162 Å². The van der Waals surface area contributed by atoms with E-state index in [9.17, 15) is 24.3 Å². The average molecular weight is 1430 g/mol. The molecule has 0 bridgehead atoms. The van der Waals surface area contributed by atoms with Crippen LogP contribution in [-0.4, -0.2) is 250 Å².